The minimum absolute atomic E-state index is 0.126. The van der Waals surface area contributed by atoms with Crippen LogP contribution >= 0.6 is 22.6 Å². The molecule has 0 radical (unpaired) electrons. The van der Waals surface area contributed by atoms with Crippen molar-refractivity contribution in [2.24, 2.45) is 5.92 Å². The average Bonchev–Trinajstić information content (AvgIpc) is 3.12. The predicted molar refractivity (Wildman–Crippen MR) is 112 cm³/mol. The van der Waals surface area contributed by atoms with E-state index in [1.54, 1.807) is 6.07 Å². The van der Waals surface area contributed by atoms with Gasteiger partial charge in [0.2, 0.25) is 5.52 Å². The largest absolute Gasteiger partial charge is 0.369 e. The molecule has 4 rings (SSSR count). The maximum atomic E-state index is 11.8. The molecule has 1 N–H and O–H groups in total. The molecular formula is C18H18IN5O3. The first-order valence-electron chi connectivity index (χ1n) is 8.74. The first-order chi connectivity index (χ1) is 13.0. The Labute approximate surface area is 169 Å². The summed E-state index contributed by atoms with van der Waals surface area (Å²) in [7, 11) is 0. The number of hydrogen-bond acceptors (Lipinski definition) is 7. The summed E-state index contributed by atoms with van der Waals surface area (Å²) in [6, 6.07) is 9.45. The van der Waals surface area contributed by atoms with E-state index in [0.717, 1.165) is 34.5 Å². The second kappa shape index (κ2) is 7.29. The van der Waals surface area contributed by atoms with Gasteiger partial charge >= 0.3 is 5.69 Å². The fraction of sp³-hybridized carbons (Fsp3) is 0.333. The molecule has 1 aromatic heterocycles. The lowest BCUT2D eigenvalue weighted by atomic mass is 9.99. The van der Waals surface area contributed by atoms with Crippen LogP contribution in [0.2, 0.25) is 0 Å². The van der Waals surface area contributed by atoms with Crippen LogP contribution in [0.25, 0.3) is 11.0 Å². The third-order valence-corrected chi connectivity index (χ3v) is 5.51. The van der Waals surface area contributed by atoms with Crippen LogP contribution in [-0.2, 0) is 0 Å². The van der Waals surface area contributed by atoms with Crippen molar-refractivity contribution in [3.05, 3.63) is 44.0 Å². The molecular weight excluding hydrogens is 461 g/mol. The molecule has 2 aromatic carbocycles. The summed E-state index contributed by atoms with van der Waals surface area (Å²) >= 11 is 2.22. The molecule has 8 nitrogen and oxygen atoms in total. The van der Waals surface area contributed by atoms with Crippen molar-refractivity contribution < 1.29 is 9.55 Å². The van der Waals surface area contributed by atoms with E-state index in [-0.39, 0.29) is 11.2 Å². The molecule has 1 aliphatic heterocycles. The number of aromatic nitrogens is 2. The van der Waals surface area contributed by atoms with E-state index in [0.29, 0.717) is 17.1 Å². The molecule has 0 bridgehead atoms. The number of fused-ring (bicyclic) bond motifs is 1. The zero-order chi connectivity index (χ0) is 19.0. The molecule has 140 valence electrons. The number of hydrogen-bond donors (Lipinski definition) is 1. The summed E-state index contributed by atoms with van der Waals surface area (Å²) in [5, 5.41) is 22.7. The van der Waals surface area contributed by atoms with E-state index in [1.807, 2.05) is 24.3 Å². The van der Waals surface area contributed by atoms with Gasteiger partial charge in [-0.2, -0.15) is 0 Å². The van der Waals surface area contributed by atoms with Gasteiger partial charge in [0.1, 0.15) is 5.69 Å². The van der Waals surface area contributed by atoms with Gasteiger partial charge in [-0.05, 0) is 82.0 Å². The van der Waals surface area contributed by atoms with Gasteiger partial charge in [-0.1, -0.05) is 6.92 Å². The second-order valence-electron chi connectivity index (χ2n) is 6.84. The fourth-order valence-electron chi connectivity index (χ4n) is 3.53. The highest BCUT2D eigenvalue weighted by Crippen LogP contribution is 2.40. The van der Waals surface area contributed by atoms with E-state index in [2.05, 4.69) is 50.0 Å². The van der Waals surface area contributed by atoms with Crippen LogP contribution < -0.4 is 10.2 Å². The van der Waals surface area contributed by atoms with Gasteiger partial charge in [0.05, 0.1) is 10.6 Å². The van der Waals surface area contributed by atoms with E-state index < -0.39 is 4.92 Å². The molecule has 27 heavy (non-hydrogen) atoms. The number of piperidine rings is 1. The number of halogens is 1. The molecule has 1 atom stereocenters. The van der Waals surface area contributed by atoms with Crippen molar-refractivity contribution in [2.75, 3.05) is 23.3 Å². The van der Waals surface area contributed by atoms with Crippen molar-refractivity contribution in [3.8, 4) is 0 Å². The first-order valence-corrected chi connectivity index (χ1v) is 9.82. The van der Waals surface area contributed by atoms with E-state index in [9.17, 15) is 10.1 Å². The van der Waals surface area contributed by atoms with E-state index in [1.165, 1.54) is 6.42 Å². The van der Waals surface area contributed by atoms with Gasteiger partial charge in [-0.15, -0.1) is 0 Å². The normalized spacial score (nSPS) is 17.3. The minimum Gasteiger partial charge on any atom is -0.369 e. The molecule has 9 heteroatoms. The predicted octanol–water partition coefficient (Wildman–Crippen LogP) is 4.72. The summed E-state index contributed by atoms with van der Waals surface area (Å²) < 4.78 is 5.96. The van der Waals surface area contributed by atoms with Crippen LogP contribution in [0.5, 0.6) is 0 Å². The monoisotopic (exact) mass is 479 g/mol. The second-order valence-corrected chi connectivity index (χ2v) is 8.08. The number of benzene rings is 2. The molecule has 0 unspecified atom stereocenters. The SMILES string of the molecule is C[C@@H]1CCCN(c2cc(Nc3ccc(I)cc3)c([N+](=O)[O-])c3nonc23)C1. The molecule has 3 aromatic rings. The lowest BCUT2D eigenvalue weighted by Gasteiger charge is -2.32. The summed E-state index contributed by atoms with van der Waals surface area (Å²) in [4.78, 5) is 13.5. The smallest absolute Gasteiger partial charge is 0.324 e. The number of nitro groups is 1. The van der Waals surface area contributed by atoms with E-state index >= 15 is 0 Å². The van der Waals surface area contributed by atoms with Crippen LogP contribution in [-0.4, -0.2) is 28.3 Å². The molecule has 1 fully saturated rings. The van der Waals surface area contributed by atoms with Crippen LogP contribution in [0, 0.1) is 19.6 Å². The van der Waals surface area contributed by atoms with Gasteiger partial charge in [0.15, 0.2) is 5.52 Å². The fourth-order valence-corrected chi connectivity index (χ4v) is 3.89. The van der Waals surface area contributed by atoms with Crippen molar-refractivity contribution in [1.82, 2.24) is 10.3 Å². The van der Waals surface area contributed by atoms with Gasteiger partial charge in [0.25, 0.3) is 0 Å². The molecule has 0 amide bonds. The third-order valence-electron chi connectivity index (χ3n) is 4.80. The van der Waals surface area contributed by atoms with Gasteiger partial charge in [-0.25, -0.2) is 4.63 Å². The molecule has 1 aliphatic rings. The first kappa shape index (κ1) is 18.0. The molecule has 0 spiro atoms. The van der Waals surface area contributed by atoms with Crippen LogP contribution in [0.1, 0.15) is 19.8 Å². The number of nitro benzene ring substituents is 1. The topological polar surface area (TPSA) is 97.3 Å². The Morgan fingerprint density at radius 3 is 2.74 bits per heavy atom. The van der Waals surface area contributed by atoms with Gasteiger partial charge < -0.3 is 10.2 Å². The van der Waals surface area contributed by atoms with Crippen molar-refractivity contribution in [1.29, 1.82) is 0 Å². The Morgan fingerprint density at radius 1 is 1.30 bits per heavy atom. The Kier molecular flexibility index (Phi) is 4.85. The highest BCUT2D eigenvalue weighted by molar-refractivity contribution is 14.1. The minimum atomic E-state index is -0.440. The number of nitrogens with zero attached hydrogens (tertiary/aromatic N) is 4. The highest BCUT2D eigenvalue weighted by atomic mass is 127. The third kappa shape index (κ3) is 3.55. The summed E-state index contributed by atoms with van der Waals surface area (Å²) in [6.45, 7) is 3.97. The highest BCUT2D eigenvalue weighted by Gasteiger charge is 2.29. The Bertz CT molecular complexity index is 989. The molecule has 0 aliphatic carbocycles. The summed E-state index contributed by atoms with van der Waals surface area (Å²) in [6.07, 6.45) is 2.25. The maximum Gasteiger partial charge on any atom is 0.324 e. The number of anilines is 3. The van der Waals surface area contributed by atoms with E-state index in [4.69, 9.17) is 4.63 Å². The van der Waals surface area contributed by atoms with Gasteiger partial charge in [-0.3, -0.25) is 10.1 Å². The van der Waals surface area contributed by atoms with Crippen LogP contribution in [0.4, 0.5) is 22.7 Å². The van der Waals surface area contributed by atoms with Gasteiger partial charge in [0, 0.05) is 22.3 Å². The lowest BCUT2D eigenvalue weighted by molar-refractivity contribution is -0.382. The van der Waals surface area contributed by atoms with Crippen LogP contribution in [0.15, 0.2) is 35.0 Å². The standard InChI is InChI=1S/C18H18IN5O3/c1-11-3-2-8-23(10-11)15-9-14(20-13-6-4-12(19)5-7-13)18(24(25)26)17-16(15)21-27-22-17/h4-7,9,11,20H,2-3,8,10H2,1H3/t11-/m1/s1. The molecule has 2 heterocycles. The quantitative estimate of drug-likeness (QED) is 0.329. The molecule has 0 saturated carbocycles. The van der Waals surface area contributed by atoms with Crippen molar-refractivity contribution in [2.45, 2.75) is 19.8 Å². The maximum absolute atomic E-state index is 11.8. The zero-order valence-electron chi connectivity index (χ0n) is 14.7. The number of rotatable bonds is 4. The van der Waals surface area contributed by atoms with Crippen molar-refractivity contribution >= 4 is 56.4 Å². The van der Waals surface area contributed by atoms with Crippen molar-refractivity contribution in [3.63, 3.8) is 0 Å². The summed E-state index contributed by atoms with van der Waals surface area (Å²) in [5.74, 6) is 0.552. The lowest BCUT2D eigenvalue weighted by Crippen LogP contribution is -2.34. The Morgan fingerprint density at radius 2 is 2.04 bits per heavy atom. The van der Waals surface area contributed by atoms with Crippen LogP contribution in [0.3, 0.4) is 0 Å². The Balaban J connectivity index is 1.84. The average molecular weight is 479 g/mol. The zero-order valence-corrected chi connectivity index (χ0v) is 16.8. The Hall–Kier alpha value is -2.43. The summed E-state index contributed by atoms with van der Waals surface area (Å²) in [5.41, 5.74) is 2.45. The number of nitrogens with one attached hydrogen (secondary N) is 1. The molecule has 1 saturated heterocycles.